The molecule has 2 rings (SSSR count). The standard InChI is InChI=1S/C15H17Cl2N3O/c16-12-3-1-4-13(14(12)17)19-15(21)11-5-9-20(10-6-11)8-2-7-18/h1,3-4,11H,2,5-6,8-10H2,(H,19,21). The van der Waals surface area contributed by atoms with E-state index in [9.17, 15) is 4.79 Å². The largest absolute Gasteiger partial charge is 0.324 e. The molecule has 1 fully saturated rings. The van der Waals surface area contributed by atoms with Gasteiger partial charge in [0.05, 0.1) is 21.8 Å². The second-order valence-electron chi connectivity index (χ2n) is 5.11. The monoisotopic (exact) mass is 325 g/mol. The second-order valence-corrected chi connectivity index (χ2v) is 5.90. The number of hydrogen-bond donors (Lipinski definition) is 1. The van der Waals surface area contributed by atoms with Crippen molar-refractivity contribution >= 4 is 34.8 Å². The van der Waals surface area contributed by atoms with Crippen LogP contribution in [0.3, 0.4) is 0 Å². The maximum absolute atomic E-state index is 12.3. The predicted molar refractivity (Wildman–Crippen MR) is 84.5 cm³/mol. The van der Waals surface area contributed by atoms with E-state index in [1.165, 1.54) is 0 Å². The molecule has 1 heterocycles. The molecule has 112 valence electrons. The topological polar surface area (TPSA) is 56.1 Å². The lowest BCUT2D eigenvalue weighted by Crippen LogP contribution is -2.38. The summed E-state index contributed by atoms with van der Waals surface area (Å²) in [6.07, 6.45) is 2.14. The van der Waals surface area contributed by atoms with E-state index in [0.29, 0.717) is 22.2 Å². The molecule has 0 saturated carbocycles. The number of nitriles is 1. The number of rotatable bonds is 4. The molecule has 0 aromatic heterocycles. The third kappa shape index (κ3) is 4.34. The fraction of sp³-hybridized carbons (Fsp3) is 0.467. The second kappa shape index (κ2) is 7.65. The van der Waals surface area contributed by atoms with Gasteiger partial charge in [-0.3, -0.25) is 4.79 Å². The Kier molecular flexibility index (Phi) is 5.86. The Bertz CT molecular complexity index is 548. The van der Waals surface area contributed by atoms with Crippen LogP contribution in [-0.4, -0.2) is 30.4 Å². The lowest BCUT2D eigenvalue weighted by Gasteiger charge is -2.30. The quantitative estimate of drug-likeness (QED) is 0.920. The number of benzene rings is 1. The van der Waals surface area contributed by atoms with Gasteiger partial charge in [0.2, 0.25) is 5.91 Å². The van der Waals surface area contributed by atoms with Crippen molar-refractivity contribution in [2.24, 2.45) is 5.92 Å². The maximum atomic E-state index is 12.3. The molecule has 1 aliphatic rings. The van der Waals surface area contributed by atoms with Crippen LogP contribution < -0.4 is 5.32 Å². The molecule has 1 aromatic rings. The first-order valence-corrected chi connectivity index (χ1v) is 7.71. The van der Waals surface area contributed by atoms with Crippen LogP contribution in [0.15, 0.2) is 18.2 Å². The van der Waals surface area contributed by atoms with Crippen LogP contribution in [0.5, 0.6) is 0 Å². The van der Waals surface area contributed by atoms with Crippen molar-refractivity contribution in [1.29, 1.82) is 5.26 Å². The number of likely N-dealkylation sites (tertiary alicyclic amines) is 1. The van der Waals surface area contributed by atoms with Gasteiger partial charge in [-0.1, -0.05) is 29.3 Å². The highest BCUT2D eigenvalue weighted by atomic mass is 35.5. The summed E-state index contributed by atoms with van der Waals surface area (Å²) < 4.78 is 0. The molecule has 1 saturated heterocycles. The molecule has 1 amide bonds. The van der Waals surface area contributed by atoms with Crippen LogP contribution in [0, 0.1) is 17.2 Å². The van der Waals surface area contributed by atoms with Crippen LogP contribution in [-0.2, 0) is 4.79 Å². The molecule has 4 nitrogen and oxygen atoms in total. The Morgan fingerprint density at radius 3 is 2.76 bits per heavy atom. The first kappa shape index (κ1) is 16.1. The van der Waals surface area contributed by atoms with Gasteiger partial charge in [-0.2, -0.15) is 5.26 Å². The molecule has 0 radical (unpaired) electrons. The van der Waals surface area contributed by atoms with Crippen molar-refractivity contribution in [1.82, 2.24) is 4.90 Å². The molecule has 1 N–H and O–H groups in total. The minimum absolute atomic E-state index is 0.0147. The van der Waals surface area contributed by atoms with Crippen LogP contribution in [0.2, 0.25) is 10.0 Å². The van der Waals surface area contributed by atoms with Crippen LogP contribution in [0.1, 0.15) is 19.3 Å². The van der Waals surface area contributed by atoms with E-state index < -0.39 is 0 Å². The number of piperidine rings is 1. The van der Waals surface area contributed by atoms with E-state index in [1.807, 2.05) is 0 Å². The van der Waals surface area contributed by atoms with Crippen LogP contribution in [0.4, 0.5) is 5.69 Å². The first-order chi connectivity index (χ1) is 10.1. The number of amides is 1. The van der Waals surface area contributed by atoms with Gasteiger partial charge >= 0.3 is 0 Å². The summed E-state index contributed by atoms with van der Waals surface area (Å²) in [5, 5.41) is 12.2. The minimum Gasteiger partial charge on any atom is -0.324 e. The number of anilines is 1. The van der Waals surface area contributed by atoms with Gasteiger partial charge in [0, 0.05) is 18.9 Å². The molecule has 1 aliphatic heterocycles. The molecule has 1 aromatic carbocycles. The average molecular weight is 326 g/mol. The highest BCUT2D eigenvalue weighted by Crippen LogP contribution is 2.30. The Morgan fingerprint density at radius 2 is 2.10 bits per heavy atom. The van der Waals surface area contributed by atoms with Crippen molar-refractivity contribution in [3.63, 3.8) is 0 Å². The van der Waals surface area contributed by atoms with Gasteiger partial charge in [-0.25, -0.2) is 0 Å². The molecule has 0 unspecified atom stereocenters. The number of carbonyl (C=O) groups is 1. The first-order valence-electron chi connectivity index (χ1n) is 6.96. The third-order valence-electron chi connectivity index (χ3n) is 3.71. The molecule has 0 bridgehead atoms. The smallest absolute Gasteiger partial charge is 0.227 e. The zero-order chi connectivity index (χ0) is 15.2. The summed E-state index contributed by atoms with van der Waals surface area (Å²) in [7, 11) is 0. The summed E-state index contributed by atoms with van der Waals surface area (Å²) >= 11 is 12.0. The van der Waals surface area contributed by atoms with Crippen LogP contribution in [0.25, 0.3) is 0 Å². The van der Waals surface area contributed by atoms with E-state index in [0.717, 1.165) is 32.5 Å². The van der Waals surface area contributed by atoms with Crippen molar-refractivity contribution in [2.75, 3.05) is 25.0 Å². The Morgan fingerprint density at radius 1 is 1.38 bits per heavy atom. The predicted octanol–water partition coefficient (Wildman–Crippen LogP) is 3.56. The zero-order valence-corrected chi connectivity index (χ0v) is 13.1. The van der Waals surface area contributed by atoms with Gasteiger partial charge in [-0.15, -0.1) is 0 Å². The third-order valence-corrected chi connectivity index (χ3v) is 4.53. The lowest BCUT2D eigenvalue weighted by atomic mass is 9.95. The molecule has 21 heavy (non-hydrogen) atoms. The minimum atomic E-state index is -0.0154. The van der Waals surface area contributed by atoms with Gasteiger partial charge < -0.3 is 10.2 Å². The number of halogens is 2. The summed E-state index contributed by atoms with van der Waals surface area (Å²) in [5.41, 5.74) is 0.557. The fourth-order valence-corrected chi connectivity index (χ4v) is 2.81. The van der Waals surface area contributed by atoms with Crippen LogP contribution >= 0.6 is 23.2 Å². The summed E-state index contributed by atoms with van der Waals surface area (Å²) in [6, 6.07) is 7.34. The van der Waals surface area contributed by atoms with Gasteiger partial charge in [0.1, 0.15) is 0 Å². The SMILES string of the molecule is N#CCCN1CCC(C(=O)Nc2cccc(Cl)c2Cl)CC1. The molecule has 0 atom stereocenters. The van der Waals surface area contributed by atoms with E-state index >= 15 is 0 Å². The Balaban J connectivity index is 1.88. The molecule has 6 heteroatoms. The van der Waals surface area contributed by atoms with Crippen molar-refractivity contribution < 1.29 is 4.79 Å². The van der Waals surface area contributed by atoms with E-state index in [-0.39, 0.29) is 11.8 Å². The van der Waals surface area contributed by atoms with Crippen molar-refractivity contribution in [3.05, 3.63) is 28.2 Å². The molecule has 0 aliphatic carbocycles. The summed E-state index contributed by atoms with van der Waals surface area (Å²) in [5.74, 6) is -0.0301. The van der Waals surface area contributed by atoms with Crippen molar-refractivity contribution in [2.45, 2.75) is 19.3 Å². The van der Waals surface area contributed by atoms with Crippen molar-refractivity contribution in [3.8, 4) is 6.07 Å². The average Bonchev–Trinajstić information content (AvgIpc) is 2.50. The zero-order valence-electron chi connectivity index (χ0n) is 11.6. The number of nitrogens with one attached hydrogen (secondary N) is 1. The lowest BCUT2D eigenvalue weighted by molar-refractivity contribution is -0.121. The normalized spacial score (nSPS) is 16.4. The Labute approximate surface area is 134 Å². The highest BCUT2D eigenvalue weighted by Gasteiger charge is 2.25. The van der Waals surface area contributed by atoms with Gasteiger partial charge in [0.25, 0.3) is 0 Å². The van der Waals surface area contributed by atoms with Gasteiger partial charge in [0.15, 0.2) is 0 Å². The van der Waals surface area contributed by atoms with Gasteiger partial charge in [-0.05, 0) is 38.1 Å². The maximum Gasteiger partial charge on any atom is 0.227 e. The molecular weight excluding hydrogens is 309 g/mol. The highest BCUT2D eigenvalue weighted by molar-refractivity contribution is 6.43. The van der Waals surface area contributed by atoms with E-state index in [2.05, 4.69) is 16.3 Å². The summed E-state index contributed by atoms with van der Waals surface area (Å²) in [6.45, 7) is 2.48. The number of nitrogens with zero attached hydrogens (tertiary/aromatic N) is 2. The molecule has 0 spiro atoms. The van der Waals surface area contributed by atoms with E-state index in [1.54, 1.807) is 18.2 Å². The Hall–Kier alpha value is -1.28. The van der Waals surface area contributed by atoms with E-state index in [4.69, 9.17) is 28.5 Å². The summed E-state index contributed by atoms with van der Waals surface area (Å²) in [4.78, 5) is 14.5. The fourth-order valence-electron chi connectivity index (χ4n) is 2.46. The molecular formula is C15H17Cl2N3O. The number of hydrogen-bond acceptors (Lipinski definition) is 3. The number of carbonyl (C=O) groups excluding carboxylic acids is 1.